The molecule has 1 aromatic rings. The second-order valence-electron chi connectivity index (χ2n) is 3.83. The lowest BCUT2D eigenvalue weighted by atomic mass is 9.95. The molecule has 0 radical (unpaired) electrons. The van der Waals surface area contributed by atoms with Crippen LogP contribution in [-0.2, 0) is 6.42 Å². The van der Waals surface area contributed by atoms with Gasteiger partial charge in [0.15, 0.2) is 0 Å². The Morgan fingerprint density at radius 2 is 2.36 bits per heavy atom. The van der Waals surface area contributed by atoms with Gasteiger partial charge in [0.2, 0.25) is 0 Å². The highest BCUT2D eigenvalue weighted by molar-refractivity contribution is 9.10. The van der Waals surface area contributed by atoms with E-state index in [2.05, 4.69) is 35.0 Å². The van der Waals surface area contributed by atoms with Crippen molar-refractivity contribution in [1.82, 2.24) is 0 Å². The number of aryl methyl sites for hydroxylation is 1. The van der Waals surface area contributed by atoms with Crippen molar-refractivity contribution in [2.45, 2.75) is 13.3 Å². The first-order valence-electron chi connectivity index (χ1n) is 4.82. The van der Waals surface area contributed by atoms with Gasteiger partial charge < -0.3 is 10.5 Å². The maximum Gasteiger partial charge on any atom is 0.125 e. The summed E-state index contributed by atoms with van der Waals surface area (Å²) in [4.78, 5) is 0. The average molecular weight is 256 g/mol. The van der Waals surface area contributed by atoms with Crippen LogP contribution >= 0.6 is 15.9 Å². The van der Waals surface area contributed by atoms with E-state index < -0.39 is 0 Å². The smallest absolute Gasteiger partial charge is 0.125 e. The zero-order valence-electron chi connectivity index (χ0n) is 8.22. The normalized spacial score (nSPS) is 20.1. The summed E-state index contributed by atoms with van der Waals surface area (Å²) in [6.45, 7) is 3.53. The third-order valence-corrected chi connectivity index (χ3v) is 3.08. The molecule has 1 aromatic carbocycles. The van der Waals surface area contributed by atoms with Crippen molar-refractivity contribution in [1.29, 1.82) is 0 Å². The summed E-state index contributed by atoms with van der Waals surface area (Å²) >= 11 is 3.50. The Balaban J connectivity index is 2.37. The predicted octanol–water partition coefficient (Wildman–Crippen LogP) is 2.27. The number of hydrogen-bond acceptors (Lipinski definition) is 2. The minimum Gasteiger partial charge on any atom is -0.493 e. The molecule has 0 amide bonds. The zero-order valence-corrected chi connectivity index (χ0v) is 9.80. The monoisotopic (exact) mass is 255 g/mol. The summed E-state index contributed by atoms with van der Waals surface area (Å²) in [6, 6.07) is 4.21. The Labute approximate surface area is 92.6 Å². The fraction of sp³-hybridized carbons (Fsp3) is 0.455. The Morgan fingerprint density at radius 3 is 3.07 bits per heavy atom. The van der Waals surface area contributed by atoms with Crippen LogP contribution in [0.5, 0.6) is 5.75 Å². The molecule has 0 spiro atoms. The molecule has 1 atom stereocenters. The van der Waals surface area contributed by atoms with Crippen molar-refractivity contribution in [3.8, 4) is 5.75 Å². The van der Waals surface area contributed by atoms with Crippen LogP contribution in [0.1, 0.15) is 11.1 Å². The average Bonchev–Trinajstić information content (AvgIpc) is 2.16. The van der Waals surface area contributed by atoms with Crippen molar-refractivity contribution in [3.05, 3.63) is 27.7 Å². The molecule has 1 unspecified atom stereocenters. The number of fused-ring (bicyclic) bond motifs is 1. The lowest BCUT2D eigenvalue weighted by Gasteiger charge is -2.25. The van der Waals surface area contributed by atoms with E-state index in [1.165, 1.54) is 11.1 Å². The Hall–Kier alpha value is -0.540. The predicted molar refractivity (Wildman–Crippen MR) is 60.6 cm³/mol. The maximum absolute atomic E-state index is 5.71. The quantitative estimate of drug-likeness (QED) is 0.836. The number of nitrogens with two attached hydrogens (primary N) is 1. The lowest BCUT2D eigenvalue weighted by Crippen LogP contribution is -2.27. The third-order valence-electron chi connectivity index (χ3n) is 2.62. The molecular weight excluding hydrogens is 242 g/mol. The summed E-state index contributed by atoms with van der Waals surface area (Å²) < 4.78 is 6.83. The van der Waals surface area contributed by atoms with Gasteiger partial charge >= 0.3 is 0 Å². The van der Waals surface area contributed by atoms with Gasteiger partial charge in [0, 0.05) is 10.4 Å². The molecule has 1 heterocycles. The zero-order chi connectivity index (χ0) is 10.1. The molecule has 1 aliphatic heterocycles. The molecule has 1 aliphatic rings. The largest absolute Gasteiger partial charge is 0.493 e. The Kier molecular flexibility index (Phi) is 2.79. The van der Waals surface area contributed by atoms with E-state index in [1.54, 1.807) is 0 Å². The topological polar surface area (TPSA) is 35.2 Å². The van der Waals surface area contributed by atoms with Crippen LogP contribution in [0.3, 0.4) is 0 Å². The third kappa shape index (κ3) is 1.79. The second-order valence-corrected chi connectivity index (χ2v) is 4.74. The van der Waals surface area contributed by atoms with E-state index >= 15 is 0 Å². The molecule has 2 rings (SSSR count). The molecule has 14 heavy (non-hydrogen) atoms. The minimum absolute atomic E-state index is 0.469. The summed E-state index contributed by atoms with van der Waals surface area (Å²) in [7, 11) is 0. The molecule has 76 valence electrons. The molecule has 0 fully saturated rings. The highest BCUT2D eigenvalue weighted by Crippen LogP contribution is 2.33. The van der Waals surface area contributed by atoms with Gasteiger partial charge in [0.05, 0.1) is 6.61 Å². The van der Waals surface area contributed by atoms with Crippen LogP contribution < -0.4 is 10.5 Å². The van der Waals surface area contributed by atoms with Crippen LogP contribution in [0.15, 0.2) is 16.6 Å². The van der Waals surface area contributed by atoms with Crippen molar-refractivity contribution in [2.75, 3.05) is 13.2 Å². The van der Waals surface area contributed by atoms with E-state index in [4.69, 9.17) is 10.5 Å². The number of halogens is 1. The SMILES string of the molecule is Cc1cc(Br)cc2c1OCC(CN)C2. The molecule has 0 saturated carbocycles. The first-order valence-corrected chi connectivity index (χ1v) is 5.62. The van der Waals surface area contributed by atoms with Gasteiger partial charge in [-0.3, -0.25) is 0 Å². The minimum atomic E-state index is 0.469. The summed E-state index contributed by atoms with van der Waals surface area (Å²) in [6.07, 6.45) is 1.03. The van der Waals surface area contributed by atoms with Crippen LogP contribution in [0.2, 0.25) is 0 Å². The van der Waals surface area contributed by atoms with E-state index in [1.807, 2.05) is 0 Å². The fourth-order valence-corrected chi connectivity index (χ4v) is 2.50. The number of benzene rings is 1. The summed E-state index contributed by atoms with van der Waals surface area (Å²) in [5.74, 6) is 1.52. The van der Waals surface area contributed by atoms with Crippen molar-refractivity contribution in [3.63, 3.8) is 0 Å². The number of ether oxygens (including phenoxy) is 1. The highest BCUT2D eigenvalue weighted by atomic mass is 79.9. The number of hydrogen-bond donors (Lipinski definition) is 1. The van der Waals surface area contributed by atoms with Gasteiger partial charge in [-0.05, 0) is 43.1 Å². The first-order chi connectivity index (χ1) is 6.70. The maximum atomic E-state index is 5.71. The Morgan fingerprint density at radius 1 is 1.57 bits per heavy atom. The van der Waals surface area contributed by atoms with Crippen molar-refractivity contribution >= 4 is 15.9 Å². The van der Waals surface area contributed by atoms with Crippen LogP contribution in [0, 0.1) is 12.8 Å². The van der Waals surface area contributed by atoms with Crippen LogP contribution in [0.4, 0.5) is 0 Å². The molecule has 3 heteroatoms. The first kappa shape index (κ1) is 9.99. The fourth-order valence-electron chi connectivity index (χ4n) is 1.88. The second kappa shape index (κ2) is 3.91. The van der Waals surface area contributed by atoms with Crippen LogP contribution in [0.25, 0.3) is 0 Å². The van der Waals surface area contributed by atoms with Gasteiger partial charge in [0.1, 0.15) is 5.75 Å². The molecular formula is C11H14BrNO. The molecule has 0 saturated heterocycles. The molecule has 0 aliphatic carbocycles. The van der Waals surface area contributed by atoms with Crippen molar-refractivity contribution < 1.29 is 4.74 Å². The van der Waals surface area contributed by atoms with Gasteiger partial charge in [-0.2, -0.15) is 0 Å². The molecule has 0 aromatic heterocycles. The highest BCUT2D eigenvalue weighted by Gasteiger charge is 2.20. The van der Waals surface area contributed by atoms with E-state index in [0.29, 0.717) is 12.5 Å². The van der Waals surface area contributed by atoms with Gasteiger partial charge in [-0.1, -0.05) is 15.9 Å². The van der Waals surface area contributed by atoms with Gasteiger partial charge in [-0.15, -0.1) is 0 Å². The lowest BCUT2D eigenvalue weighted by molar-refractivity contribution is 0.225. The van der Waals surface area contributed by atoms with Crippen LogP contribution in [-0.4, -0.2) is 13.2 Å². The van der Waals surface area contributed by atoms with Gasteiger partial charge in [0.25, 0.3) is 0 Å². The molecule has 2 nitrogen and oxygen atoms in total. The van der Waals surface area contributed by atoms with Crippen molar-refractivity contribution in [2.24, 2.45) is 11.7 Å². The summed E-state index contributed by atoms with van der Waals surface area (Å²) in [5.41, 5.74) is 8.12. The van der Waals surface area contributed by atoms with E-state index in [-0.39, 0.29) is 0 Å². The summed E-state index contributed by atoms with van der Waals surface area (Å²) in [5, 5.41) is 0. The van der Waals surface area contributed by atoms with E-state index in [0.717, 1.165) is 23.2 Å². The Bertz CT molecular complexity index is 351. The molecule has 0 bridgehead atoms. The van der Waals surface area contributed by atoms with Gasteiger partial charge in [-0.25, -0.2) is 0 Å². The standard InChI is InChI=1S/C11H14BrNO/c1-7-2-10(12)4-9-3-8(5-13)6-14-11(7)9/h2,4,8H,3,5-6,13H2,1H3. The molecule has 2 N–H and O–H groups in total. The number of rotatable bonds is 1. The van der Waals surface area contributed by atoms with E-state index in [9.17, 15) is 0 Å².